The molecule has 0 aliphatic heterocycles. The first-order chi connectivity index (χ1) is 19.1. The molecule has 1 atom stereocenters. The fourth-order valence-corrected chi connectivity index (χ4v) is 6.41. The Morgan fingerprint density at radius 3 is 2.00 bits per heavy atom. The van der Waals surface area contributed by atoms with Gasteiger partial charge < -0.3 is 9.97 Å². The van der Waals surface area contributed by atoms with Crippen LogP contribution in [0.5, 0.6) is 0 Å². The average Bonchev–Trinajstić information content (AvgIpc) is 2.98. The molecule has 41 heavy (non-hydrogen) atoms. The zero-order chi connectivity index (χ0) is 28.7. The van der Waals surface area contributed by atoms with E-state index < -0.39 is 8.07 Å². The van der Waals surface area contributed by atoms with Gasteiger partial charge >= 0.3 is 0 Å². The number of pyridine rings is 2. The maximum atomic E-state index is 4.69. The van der Waals surface area contributed by atoms with Crippen LogP contribution in [0.3, 0.4) is 0 Å². The molecule has 0 saturated carbocycles. The van der Waals surface area contributed by atoms with Crippen molar-refractivity contribution in [3.8, 4) is 22.5 Å². The summed E-state index contributed by atoms with van der Waals surface area (Å²) in [4.78, 5) is 9.15. The van der Waals surface area contributed by atoms with Gasteiger partial charge in [0.2, 0.25) is 0 Å². The van der Waals surface area contributed by atoms with Gasteiger partial charge in [0.25, 0.3) is 0 Å². The quantitative estimate of drug-likeness (QED) is 0.129. The largest absolute Gasteiger partial charge is 0.305 e. The van der Waals surface area contributed by atoms with E-state index in [0.29, 0.717) is 11.8 Å². The molecule has 0 fully saturated rings. The van der Waals surface area contributed by atoms with Crippen molar-refractivity contribution in [2.45, 2.75) is 59.2 Å². The van der Waals surface area contributed by atoms with E-state index in [2.05, 4.69) is 125 Å². The number of rotatable bonds is 6. The summed E-state index contributed by atoms with van der Waals surface area (Å²) in [5.41, 5.74) is 9.41. The Hall–Kier alpha value is -3.17. The SMILES string of the molecule is CC(c1ccccc1)c1ccnc(-c2[c-]cccc2)c1.Cc1c[c-]c(-c2cc(C(C)C)c([Si](C)(C)C)cn2)cc1.[Ir]. The van der Waals surface area contributed by atoms with E-state index in [1.54, 1.807) is 0 Å². The summed E-state index contributed by atoms with van der Waals surface area (Å²) in [6.45, 7) is 16.0. The first kappa shape index (κ1) is 32.3. The van der Waals surface area contributed by atoms with Crippen molar-refractivity contribution in [1.29, 1.82) is 0 Å². The van der Waals surface area contributed by atoms with Crippen molar-refractivity contribution in [3.05, 3.63) is 138 Å². The minimum atomic E-state index is -1.35. The van der Waals surface area contributed by atoms with Gasteiger partial charge in [-0.3, -0.25) is 0 Å². The van der Waals surface area contributed by atoms with Gasteiger partial charge in [0.15, 0.2) is 0 Å². The third kappa shape index (κ3) is 8.66. The Morgan fingerprint density at radius 2 is 1.39 bits per heavy atom. The summed E-state index contributed by atoms with van der Waals surface area (Å²) >= 11 is 0. The zero-order valence-corrected chi connectivity index (χ0v) is 28.6. The van der Waals surface area contributed by atoms with Crippen LogP contribution in [0.2, 0.25) is 19.6 Å². The Bertz CT molecular complexity index is 1510. The van der Waals surface area contributed by atoms with Crippen LogP contribution in [0.15, 0.2) is 103 Å². The molecule has 1 radical (unpaired) electrons. The maximum Gasteiger partial charge on any atom is 0.0799 e. The standard InChI is InChI=1S/C19H16N.C18H24NSi.Ir/c1-15(16-8-4-2-5-9-16)18-12-13-20-19(14-18)17-10-6-3-7-11-17;1-13(2)16-11-17(15-9-7-14(3)8-10-15)19-12-18(16)20(4,5)6;/h2-10,12-15H,1H3;7-9,11-13H,1-6H3;/q2*-1;. The molecule has 0 bridgehead atoms. The van der Waals surface area contributed by atoms with Gasteiger partial charge in [-0.05, 0) is 39.7 Å². The Balaban J connectivity index is 0.000000220. The maximum absolute atomic E-state index is 4.69. The third-order valence-corrected chi connectivity index (χ3v) is 9.21. The van der Waals surface area contributed by atoms with Crippen LogP contribution >= 0.6 is 0 Å². The summed E-state index contributed by atoms with van der Waals surface area (Å²) in [6.07, 6.45) is 3.98. The minimum Gasteiger partial charge on any atom is -0.305 e. The van der Waals surface area contributed by atoms with Crippen LogP contribution in [0.25, 0.3) is 22.5 Å². The van der Waals surface area contributed by atoms with Gasteiger partial charge in [-0.2, -0.15) is 0 Å². The molecule has 3 aromatic carbocycles. The van der Waals surface area contributed by atoms with Crippen LogP contribution in [0.1, 0.15) is 54.9 Å². The summed E-state index contributed by atoms with van der Waals surface area (Å²) in [5, 5.41) is 1.48. The summed E-state index contributed by atoms with van der Waals surface area (Å²) in [5.74, 6) is 0.894. The second-order valence-corrected chi connectivity index (χ2v) is 16.8. The van der Waals surface area contributed by atoms with E-state index in [-0.39, 0.29) is 20.1 Å². The first-order valence-electron chi connectivity index (χ1n) is 14.1. The van der Waals surface area contributed by atoms with Gasteiger partial charge in [-0.1, -0.05) is 95.4 Å². The van der Waals surface area contributed by atoms with Crippen molar-refractivity contribution < 1.29 is 20.1 Å². The van der Waals surface area contributed by atoms with E-state index in [0.717, 1.165) is 22.5 Å². The van der Waals surface area contributed by atoms with E-state index in [1.807, 2.05) is 42.6 Å². The fourth-order valence-electron chi connectivity index (χ4n) is 4.73. The molecule has 0 aliphatic carbocycles. The van der Waals surface area contributed by atoms with Crippen molar-refractivity contribution in [1.82, 2.24) is 9.97 Å². The van der Waals surface area contributed by atoms with Crippen molar-refractivity contribution in [2.24, 2.45) is 0 Å². The molecule has 2 nitrogen and oxygen atoms in total. The molecule has 0 amide bonds. The van der Waals surface area contributed by atoms with E-state index in [9.17, 15) is 0 Å². The molecule has 2 heterocycles. The van der Waals surface area contributed by atoms with Crippen LogP contribution in [0.4, 0.5) is 0 Å². The number of hydrogen-bond acceptors (Lipinski definition) is 2. The molecule has 5 rings (SSSR count). The van der Waals surface area contributed by atoms with Gasteiger partial charge in [-0.25, -0.2) is 0 Å². The normalized spacial score (nSPS) is 11.7. The predicted molar refractivity (Wildman–Crippen MR) is 173 cm³/mol. The monoisotopic (exact) mass is 733 g/mol. The Labute approximate surface area is 261 Å². The van der Waals surface area contributed by atoms with Crippen molar-refractivity contribution in [3.63, 3.8) is 0 Å². The molecule has 0 spiro atoms. The third-order valence-electron chi connectivity index (χ3n) is 7.18. The van der Waals surface area contributed by atoms with Crippen LogP contribution in [-0.2, 0) is 20.1 Å². The second-order valence-electron chi connectivity index (χ2n) is 11.7. The van der Waals surface area contributed by atoms with Gasteiger partial charge in [0, 0.05) is 38.4 Å². The number of aromatic nitrogens is 2. The Morgan fingerprint density at radius 1 is 0.707 bits per heavy atom. The predicted octanol–water partition coefficient (Wildman–Crippen LogP) is 9.22. The van der Waals surface area contributed by atoms with E-state index >= 15 is 0 Å². The first-order valence-corrected chi connectivity index (χ1v) is 17.6. The number of benzene rings is 3. The van der Waals surface area contributed by atoms with Crippen molar-refractivity contribution >= 4 is 13.3 Å². The van der Waals surface area contributed by atoms with Crippen LogP contribution < -0.4 is 5.19 Å². The summed E-state index contributed by atoms with van der Waals surface area (Å²) in [7, 11) is -1.35. The van der Waals surface area contributed by atoms with E-state index in [1.165, 1.54) is 27.4 Å². The Kier molecular flexibility index (Phi) is 11.5. The fraction of sp³-hybridized carbons (Fsp3) is 0.243. The molecular weight excluding hydrogens is 693 g/mol. The molecule has 4 heteroatoms. The molecule has 1 unspecified atom stereocenters. The molecule has 0 aliphatic rings. The minimum absolute atomic E-state index is 0. The van der Waals surface area contributed by atoms with Crippen LogP contribution in [0, 0.1) is 19.1 Å². The molecule has 0 N–H and O–H groups in total. The second kappa shape index (κ2) is 14.6. The molecular formula is C37H40IrN2Si-2. The van der Waals surface area contributed by atoms with Crippen molar-refractivity contribution in [2.75, 3.05) is 0 Å². The topological polar surface area (TPSA) is 25.8 Å². The number of aryl methyl sites for hydroxylation is 1. The smallest absolute Gasteiger partial charge is 0.0799 e. The summed E-state index contributed by atoms with van der Waals surface area (Å²) < 4.78 is 0. The van der Waals surface area contributed by atoms with Gasteiger partial charge in [-0.15, -0.1) is 71.3 Å². The molecule has 2 aromatic heterocycles. The van der Waals surface area contributed by atoms with E-state index in [4.69, 9.17) is 4.98 Å². The number of nitrogens with zero attached hydrogens (tertiary/aromatic N) is 2. The zero-order valence-electron chi connectivity index (χ0n) is 25.2. The van der Waals surface area contributed by atoms with Gasteiger partial charge in [0.05, 0.1) is 8.07 Å². The number of hydrogen-bond donors (Lipinski definition) is 0. The molecule has 5 aromatic rings. The summed E-state index contributed by atoms with van der Waals surface area (Å²) in [6, 6.07) is 37.8. The molecule has 0 saturated heterocycles. The van der Waals surface area contributed by atoms with Crippen LogP contribution in [-0.4, -0.2) is 18.0 Å². The van der Waals surface area contributed by atoms with Gasteiger partial charge in [0.1, 0.15) is 0 Å². The average molecular weight is 733 g/mol. The molecule has 213 valence electrons.